The zero-order chi connectivity index (χ0) is 26.3. The number of nitrogens with two attached hydrogens (primary N) is 1. The van der Waals surface area contributed by atoms with E-state index in [9.17, 15) is 22.8 Å². The van der Waals surface area contributed by atoms with Crippen molar-refractivity contribution in [2.45, 2.75) is 26.2 Å². The highest BCUT2D eigenvalue weighted by Crippen LogP contribution is 2.29. The van der Waals surface area contributed by atoms with Crippen LogP contribution in [0.25, 0.3) is 33.8 Å². The van der Waals surface area contributed by atoms with E-state index in [-0.39, 0.29) is 29.3 Å². The van der Waals surface area contributed by atoms with Gasteiger partial charge in [-0.3, -0.25) is 4.57 Å². The number of alkyl halides is 3. The maximum Gasteiger partial charge on any atom is 0.288 e. The molecule has 2 aromatic carbocycles. The van der Waals surface area contributed by atoms with Crippen molar-refractivity contribution < 1.29 is 17.6 Å². The van der Waals surface area contributed by atoms with Crippen molar-refractivity contribution in [3.05, 3.63) is 71.4 Å². The molecule has 0 aliphatic rings. The third kappa shape index (κ3) is 4.22. The standard InChI is InChI=1S/C24H17F4N9/c1-12-13(8-29)4-2-6-15(12)24-32-20(18(25)23(30)33-24)16-10-36(35-34-16)9-14-5-3-7-17-19(14)31-11-37(17)22(28)21(26)27/h2-7,10-11,21-22H,9H2,1H3,(H2,30,32,33). The van der Waals surface area contributed by atoms with Gasteiger partial charge in [-0.2, -0.15) is 5.26 Å². The predicted molar refractivity (Wildman–Crippen MR) is 125 cm³/mol. The average molecular weight is 507 g/mol. The van der Waals surface area contributed by atoms with Crippen molar-refractivity contribution >= 4 is 16.9 Å². The molecule has 0 saturated carbocycles. The van der Waals surface area contributed by atoms with Gasteiger partial charge in [0.15, 0.2) is 17.5 Å². The Balaban J connectivity index is 1.50. The van der Waals surface area contributed by atoms with Crippen LogP contribution in [0.15, 0.2) is 48.9 Å². The number of hydrogen-bond donors (Lipinski definition) is 1. The number of aromatic nitrogens is 7. The van der Waals surface area contributed by atoms with Crippen LogP contribution in [-0.2, 0) is 6.54 Å². The summed E-state index contributed by atoms with van der Waals surface area (Å²) in [5, 5.41) is 17.3. The number of fused-ring (bicyclic) bond motifs is 1. The molecular weight excluding hydrogens is 490 g/mol. The first kappa shape index (κ1) is 23.9. The van der Waals surface area contributed by atoms with E-state index in [0.717, 1.165) is 10.9 Å². The summed E-state index contributed by atoms with van der Waals surface area (Å²) in [6, 6.07) is 11.8. The third-order valence-electron chi connectivity index (χ3n) is 5.85. The van der Waals surface area contributed by atoms with E-state index >= 15 is 0 Å². The van der Waals surface area contributed by atoms with Crippen LogP contribution in [0.5, 0.6) is 0 Å². The number of para-hydroxylation sites is 1. The maximum absolute atomic E-state index is 14.9. The lowest BCUT2D eigenvalue weighted by molar-refractivity contribution is 0.0103. The van der Waals surface area contributed by atoms with Crippen LogP contribution in [0.2, 0.25) is 0 Å². The number of hydrogen-bond acceptors (Lipinski definition) is 7. The van der Waals surface area contributed by atoms with Crippen LogP contribution in [0.4, 0.5) is 23.4 Å². The summed E-state index contributed by atoms with van der Waals surface area (Å²) in [7, 11) is 0. The van der Waals surface area contributed by atoms with Crippen LogP contribution in [-0.4, -0.2) is 40.9 Å². The molecule has 0 aliphatic carbocycles. The second-order valence-corrected chi connectivity index (χ2v) is 8.13. The molecule has 3 heterocycles. The molecule has 5 aromatic rings. The van der Waals surface area contributed by atoms with Gasteiger partial charge in [0.25, 0.3) is 6.43 Å². The number of imidazole rings is 1. The molecule has 0 radical (unpaired) electrons. The molecule has 186 valence electrons. The summed E-state index contributed by atoms with van der Waals surface area (Å²) < 4.78 is 56.8. The highest BCUT2D eigenvalue weighted by atomic mass is 19.3. The van der Waals surface area contributed by atoms with E-state index in [1.54, 1.807) is 37.3 Å². The molecule has 1 unspecified atom stereocenters. The van der Waals surface area contributed by atoms with Gasteiger partial charge in [-0.15, -0.1) is 5.10 Å². The molecule has 0 bridgehead atoms. The van der Waals surface area contributed by atoms with E-state index in [0.29, 0.717) is 27.8 Å². The fourth-order valence-electron chi connectivity index (χ4n) is 3.98. The number of nitrogens with zero attached hydrogens (tertiary/aromatic N) is 8. The number of benzene rings is 2. The van der Waals surface area contributed by atoms with E-state index in [1.807, 2.05) is 0 Å². The zero-order valence-corrected chi connectivity index (χ0v) is 19.1. The summed E-state index contributed by atoms with van der Waals surface area (Å²) in [6.45, 7) is 1.81. The summed E-state index contributed by atoms with van der Waals surface area (Å²) in [4.78, 5) is 12.4. The lowest BCUT2D eigenvalue weighted by Crippen LogP contribution is -2.11. The topological polar surface area (TPSA) is 124 Å². The molecule has 1 atom stereocenters. The van der Waals surface area contributed by atoms with Gasteiger partial charge in [0.05, 0.1) is 41.7 Å². The summed E-state index contributed by atoms with van der Waals surface area (Å²) >= 11 is 0. The molecular formula is C24H17F4N9. The van der Waals surface area contributed by atoms with Gasteiger partial charge < -0.3 is 5.73 Å². The lowest BCUT2D eigenvalue weighted by atomic mass is 10.0. The quantitative estimate of drug-likeness (QED) is 0.337. The Morgan fingerprint density at radius 3 is 2.65 bits per heavy atom. The van der Waals surface area contributed by atoms with Gasteiger partial charge in [-0.05, 0) is 24.6 Å². The van der Waals surface area contributed by atoms with Crippen molar-refractivity contribution in [1.82, 2.24) is 34.5 Å². The Hall–Kier alpha value is -4.86. The molecule has 0 amide bonds. The molecule has 2 N–H and O–H groups in total. The van der Waals surface area contributed by atoms with Crippen LogP contribution < -0.4 is 5.73 Å². The number of rotatable bonds is 6. The third-order valence-corrected chi connectivity index (χ3v) is 5.85. The molecule has 0 aliphatic heterocycles. The molecule has 0 fully saturated rings. The molecule has 0 spiro atoms. The van der Waals surface area contributed by atoms with Gasteiger partial charge in [-0.1, -0.05) is 29.5 Å². The predicted octanol–water partition coefficient (Wildman–Crippen LogP) is 4.43. The van der Waals surface area contributed by atoms with Gasteiger partial charge in [0.2, 0.25) is 6.30 Å². The van der Waals surface area contributed by atoms with E-state index in [2.05, 4.69) is 31.3 Å². The minimum Gasteiger partial charge on any atom is -0.381 e. The molecule has 37 heavy (non-hydrogen) atoms. The fourth-order valence-corrected chi connectivity index (χ4v) is 3.98. The lowest BCUT2D eigenvalue weighted by Gasteiger charge is -2.10. The van der Waals surface area contributed by atoms with Crippen LogP contribution in [0.3, 0.4) is 0 Å². The maximum atomic E-state index is 14.9. The molecule has 3 aromatic heterocycles. The van der Waals surface area contributed by atoms with Crippen molar-refractivity contribution in [3.8, 4) is 28.8 Å². The van der Waals surface area contributed by atoms with Gasteiger partial charge in [0.1, 0.15) is 11.4 Å². The monoisotopic (exact) mass is 507 g/mol. The highest BCUT2D eigenvalue weighted by Gasteiger charge is 2.24. The van der Waals surface area contributed by atoms with Gasteiger partial charge >= 0.3 is 0 Å². The molecule has 5 rings (SSSR count). The number of nitrogen functional groups attached to an aromatic ring is 1. The molecule has 0 saturated heterocycles. The Morgan fingerprint density at radius 1 is 1.11 bits per heavy atom. The Morgan fingerprint density at radius 2 is 1.89 bits per heavy atom. The first-order valence-corrected chi connectivity index (χ1v) is 10.9. The first-order chi connectivity index (χ1) is 17.8. The highest BCUT2D eigenvalue weighted by molar-refractivity contribution is 5.79. The van der Waals surface area contributed by atoms with Crippen molar-refractivity contribution in [3.63, 3.8) is 0 Å². The van der Waals surface area contributed by atoms with E-state index in [4.69, 9.17) is 5.73 Å². The van der Waals surface area contributed by atoms with Crippen LogP contribution in [0, 0.1) is 24.1 Å². The van der Waals surface area contributed by atoms with Gasteiger partial charge in [0, 0.05) is 11.1 Å². The van der Waals surface area contributed by atoms with Crippen molar-refractivity contribution in [1.29, 1.82) is 5.26 Å². The summed E-state index contributed by atoms with van der Waals surface area (Å²) in [5.41, 5.74) is 8.31. The molecule has 13 heteroatoms. The Labute approximate surface area is 206 Å². The fraction of sp³-hybridized carbons (Fsp3) is 0.167. The Bertz CT molecular complexity index is 1670. The van der Waals surface area contributed by atoms with E-state index in [1.165, 1.54) is 16.9 Å². The first-order valence-electron chi connectivity index (χ1n) is 10.9. The van der Waals surface area contributed by atoms with Crippen LogP contribution >= 0.6 is 0 Å². The summed E-state index contributed by atoms with van der Waals surface area (Å²) in [5.74, 6) is -1.16. The van der Waals surface area contributed by atoms with Crippen LogP contribution in [0.1, 0.15) is 23.0 Å². The second-order valence-electron chi connectivity index (χ2n) is 8.13. The normalized spacial score (nSPS) is 12.2. The van der Waals surface area contributed by atoms with Gasteiger partial charge in [-0.25, -0.2) is 37.2 Å². The minimum atomic E-state index is -3.20. The van der Waals surface area contributed by atoms with Crippen molar-refractivity contribution in [2.75, 3.05) is 5.73 Å². The average Bonchev–Trinajstić information content (AvgIpc) is 3.53. The van der Waals surface area contributed by atoms with Crippen molar-refractivity contribution in [2.24, 2.45) is 0 Å². The smallest absolute Gasteiger partial charge is 0.288 e. The molecule has 9 nitrogen and oxygen atoms in total. The number of anilines is 1. The second kappa shape index (κ2) is 9.30. The Kier molecular flexibility index (Phi) is 6.00. The zero-order valence-electron chi connectivity index (χ0n) is 19.1. The summed E-state index contributed by atoms with van der Waals surface area (Å²) in [6.07, 6.45) is -3.29. The number of nitriles is 1. The SMILES string of the molecule is Cc1c(C#N)cccc1-c1nc(N)c(F)c(-c2cn(Cc3cccc4c3ncn4C(F)C(F)F)nn2)n1. The number of halogens is 4. The largest absolute Gasteiger partial charge is 0.381 e. The minimum absolute atomic E-state index is 0.0705. The van der Waals surface area contributed by atoms with E-state index < -0.39 is 24.4 Å².